The monoisotopic (exact) mass is 543 g/mol. The van der Waals surface area contributed by atoms with Gasteiger partial charge in [-0.1, -0.05) is 55.6 Å². The number of fused-ring (bicyclic) bond motifs is 2. The average Bonchev–Trinajstić information content (AvgIpc) is 3.03. The molecule has 0 radical (unpaired) electrons. The zero-order valence-corrected chi connectivity index (χ0v) is 19.2. The minimum Gasteiger partial charge on any atom is -0.450 e. The van der Waals surface area contributed by atoms with Crippen LogP contribution >= 0.6 is 43.5 Å². The highest BCUT2D eigenvalue weighted by molar-refractivity contribution is 9.10. The lowest BCUT2D eigenvalue weighted by atomic mass is 9.98. The largest absolute Gasteiger partial charge is 0.450 e. The molecular weight excluding hydrogens is 534 g/mol. The molecule has 1 unspecified atom stereocenters. The molecule has 5 rings (SSSR count). The summed E-state index contributed by atoms with van der Waals surface area (Å²) in [6.07, 6.45) is 0. The van der Waals surface area contributed by atoms with Crippen LogP contribution in [0.2, 0.25) is 5.02 Å². The fourth-order valence-electron chi connectivity index (χ4n) is 3.77. The summed E-state index contributed by atoms with van der Waals surface area (Å²) >= 11 is 12.9. The molecule has 2 heterocycles. The lowest BCUT2D eigenvalue weighted by molar-refractivity contribution is 0.0971. The Morgan fingerprint density at radius 3 is 2.23 bits per heavy atom. The number of carbonyl (C=O) groups excluding carboxylic acids is 1. The van der Waals surface area contributed by atoms with Crippen LogP contribution < -0.4 is 10.3 Å². The van der Waals surface area contributed by atoms with Gasteiger partial charge in [0.15, 0.2) is 5.43 Å². The first kappa shape index (κ1) is 19.5. The van der Waals surface area contributed by atoms with Crippen LogP contribution in [0.1, 0.15) is 27.7 Å². The van der Waals surface area contributed by atoms with Crippen LogP contribution in [0.5, 0.6) is 0 Å². The third kappa shape index (κ3) is 3.11. The topological polar surface area (TPSA) is 50.5 Å². The van der Waals surface area contributed by atoms with Gasteiger partial charge in [-0.15, -0.1) is 0 Å². The maximum Gasteiger partial charge on any atom is 0.295 e. The molecule has 1 aliphatic rings. The summed E-state index contributed by atoms with van der Waals surface area (Å²) in [6.45, 7) is 0. The van der Waals surface area contributed by atoms with Crippen molar-refractivity contribution in [3.8, 4) is 0 Å². The van der Waals surface area contributed by atoms with E-state index in [1.165, 1.54) is 0 Å². The van der Waals surface area contributed by atoms with E-state index < -0.39 is 6.04 Å². The second kappa shape index (κ2) is 7.38. The summed E-state index contributed by atoms with van der Waals surface area (Å²) < 4.78 is 7.61. The number of benzene rings is 3. The molecule has 0 aliphatic carbocycles. The second-order valence-corrected chi connectivity index (χ2v) is 9.19. The number of amides is 1. The van der Waals surface area contributed by atoms with Gasteiger partial charge in [-0.3, -0.25) is 14.5 Å². The Balaban J connectivity index is 1.81. The van der Waals surface area contributed by atoms with E-state index in [4.69, 9.17) is 16.0 Å². The van der Waals surface area contributed by atoms with E-state index in [1.54, 1.807) is 35.2 Å². The molecule has 1 amide bonds. The summed E-state index contributed by atoms with van der Waals surface area (Å²) in [6, 6.07) is 19.1. The molecule has 4 aromatic rings. The van der Waals surface area contributed by atoms with Gasteiger partial charge in [-0.2, -0.15) is 0 Å². The molecule has 1 aromatic heterocycles. The molecule has 0 saturated heterocycles. The first-order chi connectivity index (χ1) is 14.4. The molecule has 1 atom stereocenters. The molecule has 7 heteroatoms. The fourth-order valence-corrected chi connectivity index (χ4v) is 4.52. The number of halogens is 3. The molecule has 0 fully saturated rings. The van der Waals surface area contributed by atoms with Gasteiger partial charge in [0.2, 0.25) is 5.76 Å². The molecule has 3 aromatic carbocycles. The molecule has 30 heavy (non-hydrogen) atoms. The van der Waals surface area contributed by atoms with Gasteiger partial charge in [0.05, 0.1) is 17.0 Å². The first-order valence-corrected chi connectivity index (χ1v) is 11.0. The van der Waals surface area contributed by atoms with Crippen LogP contribution in [0, 0.1) is 0 Å². The summed E-state index contributed by atoms with van der Waals surface area (Å²) in [7, 11) is 0. The molecule has 148 valence electrons. The molecule has 0 N–H and O–H groups in total. The Morgan fingerprint density at radius 2 is 1.53 bits per heavy atom. The number of nitrogens with zero attached hydrogens (tertiary/aromatic N) is 1. The molecule has 0 saturated carbocycles. The van der Waals surface area contributed by atoms with Crippen LogP contribution in [-0.4, -0.2) is 5.91 Å². The summed E-state index contributed by atoms with van der Waals surface area (Å²) in [5.41, 5.74) is 1.93. The predicted octanol–water partition coefficient (Wildman–Crippen LogP) is 6.72. The summed E-state index contributed by atoms with van der Waals surface area (Å²) in [5, 5.41) is 1.00. The zero-order chi connectivity index (χ0) is 21.0. The van der Waals surface area contributed by atoms with E-state index in [2.05, 4.69) is 31.9 Å². The maximum atomic E-state index is 13.5. The van der Waals surface area contributed by atoms with E-state index in [0.717, 1.165) is 14.5 Å². The van der Waals surface area contributed by atoms with Gasteiger partial charge in [0, 0.05) is 19.7 Å². The molecule has 0 bridgehead atoms. The Hall–Kier alpha value is -2.41. The van der Waals surface area contributed by atoms with Crippen molar-refractivity contribution in [3.63, 3.8) is 0 Å². The van der Waals surface area contributed by atoms with Crippen LogP contribution in [-0.2, 0) is 0 Å². The number of rotatable bonds is 2. The number of hydrogen-bond acceptors (Lipinski definition) is 3. The van der Waals surface area contributed by atoms with Crippen molar-refractivity contribution in [3.05, 3.63) is 108 Å². The van der Waals surface area contributed by atoms with Crippen LogP contribution in [0.15, 0.2) is 84.9 Å². The quantitative estimate of drug-likeness (QED) is 0.281. The summed E-state index contributed by atoms with van der Waals surface area (Å²) in [4.78, 5) is 28.5. The van der Waals surface area contributed by atoms with Crippen molar-refractivity contribution < 1.29 is 9.21 Å². The first-order valence-electron chi connectivity index (χ1n) is 9.05. The van der Waals surface area contributed by atoms with E-state index in [9.17, 15) is 9.59 Å². The normalized spacial score (nSPS) is 15.6. The zero-order valence-electron chi connectivity index (χ0n) is 15.2. The van der Waals surface area contributed by atoms with Gasteiger partial charge in [-0.05, 0) is 60.2 Å². The highest BCUT2D eigenvalue weighted by Gasteiger charge is 2.43. The summed E-state index contributed by atoms with van der Waals surface area (Å²) in [5.74, 6) is -0.285. The van der Waals surface area contributed by atoms with Gasteiger partial charge in [0.1, 0.15) is 5.58 Å². The molecular formula is C23H12Br2ClNO3. The Morgan fingerprint density at radius 1 is 0.867 bits per heavy atom. The SMILES string of the molecule is O=C1c2oc3ccc(Br)cc3c(=O)c2C(c2ccc(Cl)cc2)N1c1ccc(Br)cc1. The highest BCUT2D eigenvalue weighted by Crippen LogP contribution is 2.41. The van der Waals surface area contributed by atoms with Crippen molar-refractivity contribution >= 4 is 66.0 Å². The van der Waals surface area contributed by atoms with Crippen LogP contribution in [0.4, 0.5) is 5.69 Å². The number of hydrogen-bond donors (Lipinski definition) is 0. The van der Waals surface area contributed by atoms with Gasteiger partial charge < -0.3 is 4.42 Å². The van der Waals surface area contributed by atoms with Gasteiger partial charge >= 0.3 is 0 Å². The Kier molecular flexibility index (Phi) is 4.81. The standard InChI is InChI=1S/C23H12Br2ClNO3/c24-13-3-8-16(9-4-13)27-20(12-1-6-15(26)7-2-12)19-21(28)17-11-14(25)5-10-18(17)30-22(19)23(27)29/h1-11,20H. The van der Waals surface area contributed by atoms with Crippen molar-refractivity contribution in [2.75, 3.05) is 4.90 Å². The number of carbonyl (C=O) groups is 1. The molecule has 4 nitrogen and oxygen atoms in total. The van der Waals surface area contributed by atoms with E-state index >= 15 is 0 Å². The minimum atomic E-state index is -0.620. The van der Waals surface area contributed by atoms with Crippen molar-refractivity contribution in [2.24, 2.45) is 0 Å². The maximum absolute atomic E-state index is 13.5. The smallest absolute Gasteiger partial charge is 0.295 e. The molecule has 0 spiro atoms. The third-order valence-corrected chi connectivity index (χ3v) is 6.40. The van der Waals surface area contributed by atoms with E-state index in [-0.39, 0.29) is 17.1 Å². The number of anilines is 1. The lowest BCUT2D eigenvalue weighted by Crippen LogP contribution is -2.29. The van der Waals surface area contributed by atoms with Gasteiger partial charge in [0.25, 0.3) is 5.91 Å². The third-order valence-electron chi connectivity index (χ3n) is 5.12. The lowest BCUT2D eigenvalue weighted by Gasteiger charge is -2.25. The fraction of sp³-hybridized carbons (Fsp3) is 0.0435. The highest BCUT2D eigenvalue weighted by atomic mass is 79.9. The van der Waals surface area contributed by atoms with E-state index in [0.29, 0.717) is 27.2 Å². The van der Waals surface area contributed by atoms with Gasteiger partial charge in [-0.25, -0.2) is 0 Å². The average molecular weight is 546 g/mol. The second-order valence-electron chi connectivity index (χ2n) is 6.92. The van der Waals surface area contributed by atoms with Crippen LogP contribution in [0.3, 0.4) is 0 Å². The van der Waals surface area contributed by atoms with Crippen molar-refractivity contribution in [1.82, 2.24) is 0 Å². The Bertz CT molecular complexity index is 1360. The van der Waals surface area contributed by atoms with Crippen LogP contribution in [0.25, 0.3) is 11.0 Å². The predicted molar refractivity (Wildman–Crippen MR) is 124 cm³/mol. The van der Waals surface area contributed by atoms with Crippen molar-refractivity contribution in [2.45, 2.75) is 6.04 Å². The minimum absolute atomic E-state index is 0.0673. The Labute approximate surface area is 193 Å². The van der Waals surface area contributed by atoms with Crippen molar-refractivity contribution in [1.29, 1.82) is 0 Å². The van der Waals surface area contributed by atoms with E-state index in [1.807, 2.05) is 36.4 Å². The molecule has 1 aliphatic heterocycles.